The highest BCUT2D eigenvalue weighted by atomic mass is 32.2. The molecular weight excluding hydrogens is 174 g/mol. The molecule has 12 heavy (non-hydrogen) atoms. The van der Waals surface area contributed by atoms with Crippen molar-refractivity contribution in [3.63, 3.8) is 0 Å². The van der Waals surface area contributed by atoms with Gasteiger partial charge in [0.25, 0.3) is 0 Å². The van der Waals surface area contributed by atoms with Gasteiger partial charge in [-0.2, -0.15) is 0 Å². The van der Waals surface area contributed by atoms with Crippen molar-refractivity contribution in [1.82, 2.24) is 0 Å². The van der Waals surface area contributed by atoms with Crippen molar-refractivity contribution < 1.29 is 8.98 Å². The Morgan fingerprint density at radius 1 is 1.58 bits per heavy atom. The molecule has 0 aliphatic heterocycles. The number of hydrogen-bond acceptors (Lipinski definition) is 3. The molecule has 0 aliphatic rings. The van der Waals surface area contributed by atoms with E-state index in [4.69, 9.17) is 9.92 Å². The molecular formula is C8H9NO2S. The van der Waals surface area contributed by atoms with Crippen LogP contribution in [0.4, 0.5) is 0 Å². The molecule has 2 N–H and O–H groups in total. The van der Waals surface area contributed by atoms with Gasteiger partial charge in [0.1, 0.15) is 0 Å². The van der Waals surface area contributed by atoms with Gasteiger partial charge in [0.05, 0.1) is 7.11 Å². The van der Waals surface area contributed by atoms with Crippen molar-refractivity contribution in [1.29, 1.82) is 0 Å². The average molecular weight is 183 g/mol. The van der Waals surface area contributed by atoms with Crippen molar-refractivity contribution in [3.8, 4) is 0 Å². The van der Waals surface area contributed by atoms with E-state index in [2.05, 4.69) is 0 Å². The van der Waals surface area contributed by atoms with Gasteiger partial charge in [0.2, 0.25) is 5.91 Å². The second-order valence-electron chi connectivity index (χ2n) is 2.14. The van der Waals surface area contributed by atoms with E-state index in [9.17, 15) is 4.79 Å². The van der Waals surface area contributed by atoms with Crippen LogP contribution in [0.15, 0.2) is 29.2 Å². The highest BCUT2D eigenvalue weighted by molar-refractivity contribution is 7.94. The summed E-state index contributed by atoms with van der Waals surface area (Å²) in [6.45, 7) is 0. The lowest BCUT2D eigenvalue weighted by Gasteiger charge is -1.99. The van der Waals surface area contributed by atoms with Gasteiger partial charge >= 0.3 is 0 Å². The third-order valence-corrected chi connectivity index (χ3v) is 1.91. The number of carbonyl (C=O) groups is 1. The fourth-order valence-electron chi connectivity index (χ4n) is 0.797. The maximum absolute atomic E-state index is 10.7. The van der Waals surface area contributed by atoms with Gasteiger partial charge in [0.15, 0.2) is 0 Å². The van der Waals surface area contributed by atoms with Crippen LogP contribution in [0.3, 0.4) is 0 Å². The maximum atomic E-state index is 10.7. The Morgan fingerprint density at radius 3 is 2.92 bits per heavy atom. The van der Waals surface area contributed by atoms with Crippen LogP contribution < -0.4 is 5.73 Å². The number of hydrogen-bond donors (Lipinski definition) is 1. The number of primary amides is 1. The summed E-state index contributed by atoms with van der Waals surface area (Å²) in [5, 5.41) is 0. The van der Waals surface area contributed by atoms with E-state index in [1.165, 1.54) is 12.0 Å². The van der Waals surface area contributed by atoms with Crippen LogP contribution in [-0.4, -0.2) is 13.0 Å². The predicted octanol–water partition coefficient (Wildman–Crippen LogP) is 1.44. The summed E-state index contributed by atoms with van der Waals surface area (Å²) in [5.41, 5.74) is 5.59. The lowest BCUT2D eigenvalue weighted by Crippen LogP contribution is -2.10. The van der Waals surface area contributed by atoms with Crippen molar-refractivity contribution >= 4 is 17.9 Å². The summed E-state index contributed by atoms with van der Waals surface area (Å²) in [6, 6.07) is 6.97. The van der Waals surface area contributed by atoms with Gasteiger partial charge in [-0.05, 0) is 18.2 Å². The third-order valence-electron chi connectivity index (χ3n) is 1.30. The molecule has 4 heteroatoms. The second kappa shape index (κ2) is 4.13. The van der Waals surface area contributed by atoms with E-state index in [0.29, 0.717) is 5.56 Å². The van der Waals surface area contributed by atoms with Crippen LogP contribution in [0.1, 0.15) is 10.4 Å². The number of amides is 1. The van der Waals surface area contributed by atoms with E-state index >= 15 is 0 Å². The summed E-state index contributed by atoms with van der Waals surface area (Å²) in [5.74, 6) is -0.423. The van der Waals surface area contributed by atoms with Gasteiger partial charge in [-0.3, -0.25) is 4.79 Å². The van der Waals surface area contributed by atoms with Crippen molar-refractivity contribution in [2.24, 2.45) is 5.73 Å². The minimum absolute atomic E-state index is 0.423. The van der Waals surface area contributed by atoms with Crippen molar-refractivity contribution in [3.05, 3.63) is 29.8 Å². The Labute approximate surface area is 75.1 Å². The summed E-state index contributed by atoms with van der Waals surface area (Å²) in [4.78, 5) is 11.6. The zero-order valence-corrected chi connectivity index (χ0v) is 7.43. The molecule has 0 unspecified atom stereocenters. The monoisotopic (exact) mass is 183 g/mol. The van der Waals surface area contributed by atoms with Gasteiger partial charge in [0, 0.05) is 22.5 Å². The smallest absolute Gasteiger partial charge is 0.248 e. The number of rotatable bonds is 3. The molecule has 0 saturated carbocycles. The molecule has 3 nitrogen and oxygen atoms in total. The van der Waals surface area contributed by atoms with E-state index in [-0.39, 0.29) is 0 Å². The summed E-state index contributed by atoms with van der Waals surface area (Å²) >= 11 is 1.20. The minimum Gasteiger partial charge on any atom is -0.366 e. The van der Waals surface area contributed by atoms with Crippen LogP contribution in [0.2, 0.25) is 0 Å². The van der Waals surface area contributed by atoms with Crippen LogP contribution in [-0.2, 0) is 4.18 Å². The Kier molecular flexibility index (Phi) is 3.13. The Morgan fingerprint density at radius 2 is 2.33 bits per heavy atom. The van der Waals surface area contributed by atoms with E-state index in [0.717, 1.165) is 4.90 Å². The molecule has 64 valence electrons. The summed E-state index contributed by atoms with van der Waals surface area (Å²) in [7, 11) is 1.57. The van der Waals surface area contributed by atoms with Gasteiger partial charge in [-0.25, -0.2) is 0 Å². The molecule has 0 aromatic heterocycles. The van der Waals surface area contributed by atoms with Gasteiger partial charge < -0.3 is 9.92 Å². The van der Waals surface area contributed by atoms with Crippen LogP contribution in [0.5, 0.6) is 0 Å². The quantitative estimate of drug-likeness (QED) is 0.721. The maximum Gasteiger partial charge on any atom is 0.248 e. The number of nitrogens with two attached hydrogens (primary N) is 1. The topological polar surface area (TPSA) is 52.3 Å². The SMILES string of the molecule is COSc1cccc(C(N)=O)c1. The predicted molar refractivity (Wildman–Crippen MR) is 47.8 cm³/mol. The second-order valence-corrected chi connectivity index (χ2v) is 3.11. The first-order chi connectivity index (χ1) is 5.74. The number of carbonyl (C=O) groups excluding carboxylic acids is 1. The lowest BCUT2D eigenvalue weighted by atomic mass is 10.2. The zero-order chi connectivity index (χ0) is 8.97. The molecule has 1 aromatic carbocycles. The highest BCUT2D eigenvalue weighted by Gasteiger charge is 2.00. The Hall–Kier alpha value is -1.00. The molecule has 1 rings (SSSR count). The Balaban J connectivity index is 2.88. The van der Waals surface area contributed by atoms with Crippen LogP contribution in [0.25, 0.3) is 0 Å². The van der Waals surface area contributed by atoms with Gasteiger partial charge in [-0.15, -0.1) is 0 Å². The first-order valence-electron chi connectivity index (χ1n) is 3.34. The minimum atomic E-state index is -0.423. The van der Waals surface area contributed by atoms with Crippen molar-refractivity contribution in [2.75, 3.05) is 7.11 Å². The fourth-order valence-corrected chi connectivity index (χ4v) is 1.30. The molecule has 0 spiro atoms. The van der Waals surface area contributed by atoms with Crippen molar-refractivity contribution in [2.45, 2.75) is 4.90 Å². The molecule has 0 bridgehead atoms. The van der Waals surface area contributed by atoms with Crippen LogP contribution >= 0.6 is 12.0 Å². The normalized spacial score (nSPS) is 9.75. The summed E-state index contributed by atoms with van der Waals surface area (Å²) in [6.07, 6.45) is 0. The lowest BCUT2D eigenvalue weighted by molar-refractivity contribution is 0.1000. The molecule has 0 saturated heterocycles. The third kappa shape index (κ3) is 2.25. The van der Waals surface area contributed by atoms with Gasteiger partial charge in [-0.1, -0.05) is 6.07 Å². The largest absolute Gasteiger partial charge is 0.366 e. The first kappa shape index (κ1) is 9.09. The molecule has 0 heterocycles. The molecule has 1 amide bonds. The molecule has 1 aromatic rings. The fraction of sp³-hybridized carbons (Fsp3) is 0.125. The van der Waals surface area contributed by atoms with E-state index in [1.807, 2.05) is 6.07 Å². The summed E-state index contributed by atoms with van der Waals surface area (Å²) < 4.78 is 4.83. The highest BCUT2D eigenvalue weighted by Crippen LogP contribution is 2.18. The molecule has 0 fully saturated rings. The molecule has 0 radical (unpaired) electrons. The first-order valence-corrected chi connectivity index (χ1v) is 4.08. The number of benzene rings is 1. The average Bonchev–Trinajstić information content (AvgIpc) is 2.05. The molecule has 0 aliphatic carbocycles. The standard InChI is InChI=1S/C8H9NO2S/c1-11-12-7-4-2-3-6(5-7)8(9)10/h2-5H,1H3,(H2,9,10). The Bertz CT molecular complexity index is 288. The van der Waals surface area contributed by atoms with E-state index < -0.39 is 5.91 Å². The van der Waals surface area contributed by atoms with E-state index in [1.54, 1.807) is 25.3 Å². The zero-order valence-electron chi connectivity index (χ0n) is 6.61. The molecule has 0 atom stereocenters. The van der Waals surface area contributed by atoms with Crippen LogP contribution in [0, 0.1) is 0 Å².